The van der Waals surface area contributed by atoms with Crippen molar-refractivity contribution in [2.75, 3.05) is 0 Å². The zero-order valence-corrected chi connectivity index (χ0v) is 23.1. The van der Waals surface area contributed by atoms with E-state index >= 15 is 0 Å². The van der Waals surface area contributed by atoms with E-state index in [0.717, 1.165) is 60.8 Å². The van der Waals surface area contributed by atoms with Crippen molar-refractivity contribution in [3.63, 3.8) is 0 Å². The van der Waals surface area contributed by atoms with Crippen LogP contribution in [0.15, 0.2) is 54.6 Å². The fourth-order valence-corrected chi connectivity index (χ4v) is 5.22. The average molecular weight is 567 g/mol. The highest BCUT2D eigenvalue weighted by molar-refractivity contribution is 5.87. The number of nitrogens with zero attached hydrogens (tertiary/aromatic N) is 7. The summed E-state index contributed by atoms with van der Waals surface area (Å²) in [5, 5.41) is 32.6. The van der Waals surface area contributed by atoms with Gasteiger partial charge < -0.3 is 19.1 Å². The highest BCUT2D eigenvalue weighted by Crippen LogP contribution is 2.33. The average Bonchev–Trinajstić information content (AvgIpc) is 3.68. The first-order valence-corrected chi connectivity index (χ1v) is 14.0. The fourth-order valence-electron chi connectivity index (χ4n) is 5.22. The molecule has 5 aromatic rings. The topological polar surface area (TPSA) is 154 Å². The monoisotopic (exact) mass is 566 g/mol. The molecule has 0 amide bonds. The van der Waals surface area contributed by atoms with Crippen molar-refractivity contribution in [1.29, 1.82) is 0 Å². The van der Waals surface area contributed by atoms with Gasteiger partial charge in [-0.1, -0.05) is 68.0 Å². The van der Waals surface area contributed by atoms with Crippen molar-refractivity contribution >= 4 is 23.3 Å². The number of H-pyrrole nitrogens is 1. The predicted molar refractivity (Wildman–Crippen MR) is 154 cm³/mol. The van der Waals surface area contributed by atoms with E-state index in [1.54, 1.807) is 0 Å². The van der Waals surface area contributed by atoms with Crippen LogP contribution in [0.1, 0.15) is 56.8 Å². The van der Waals surface area contributed by atoms with E-state index in [0.29, 0.717) is 23.7 Å². The number of carbonyl (C=O) groups is 1. The maximum atomic E-state index is 12.7. The van der Waals surface area contributed by atoms with Gasteiger partial charge >= 0.3 is 6.16 Å². The SMILES string of the molecule is CCC=Cc1nc2c(O)nnc(OC(=O)OC3CCCCC3)c2n1Cc1ccc(-c2ccccc2-c2nnn[nH]2)cc1. The van der Waals surface area contributed by atoms with E-state index in [1.807, 2.05) is 72.2 Å². The highest BCUT2D eigenvalue weighted by Gasteiger charge is 2.24. The van der Waals surface area contributed by atoms with Gasteiger partial charge in [-0.25, -0.2) is 14.9 Å². The number of carbonyl (C=O) groups excluding carboxylic acids is 1. The molecule has 1 aliphatic carbocycles. The van der Waals surface area contributed by atoms with Gasteiger partial charge in [0, 0.05) is 12.1 Å². The second-order valence-electron chi connectivity index (χ2n) is 10.1. The summed E-state index contributed by atoms with van der Waals surface area (Å²) in [6, 6.07) is 15.9. The first-order valence-electron chi connectivity index (χ1n) is 14.0. The van der Waals surface area contributed by atoms with Crippen molar-refractivity contribution < 1.29 is 19.4 Å². The molecule has 214 valence electrons. The van der Waals surface area contributed by atoms with Gasteiger partial charge in [0.1, 0.15) is 17.4 Å². The zero-order chi connectivity index (χ0) is 28.9. The number of hydrogen-bond donors (Lipinski definition) is 2. The number of fused-ring (bicyclic) bond motifs is 1. The highest BCUT2D eigenvalue weighted by atomic mass is 16.7. The molecule has 3 heterocycles. The summed E-state index contributed by atoms with van der Waals surface area (Å²) in [7, 11) is 0. The minimum atomic E-state index is -0.841. The summed E-state index contributed by atoms with van der Waals surface area (Å²) in [6.45, 7) is 2.39. The van der Waals surface area contributed by atoms with Gasteiger partial charge in [0.05, 0.1) is 0 Å². The number of nitrogens with one attached hydrogen (secondary N) is 1. The smallest absolute Gasteiger partial charge is 0.491 e. The fraction of sp³-hybridized carbons (Fsp3) is 0.300. The lowest BCUT2D eigenvalue weighted by atomic mass is 9.98. The van der Waals surface area contributed by atoms with E-state index in [-0.39, 0.29) is 23.4 Å². The quantitative estimate of drug-likeness (QED) is 0.224. The summed E-state index contributed by atoms with van der Waals surface area (Å²) in [6.07, 6.45) is 8.39. The zero-order valence-electron chi connectivity index (χ0n) is 23.1. The molecule has 0 saturated heterocycles. The van der Waals surface area contributed by atoms with E-state index in [2.05, 4.69) is 35.8 Å². The molecule has 0 aliphatic heterocycles. The molecular formula is C30H30N8O4. The Kier molecular flexibility index (Phi) is 7.84. The first kappa shape index (κ1) is 27.1. The number of benzene rings is 2. The van der Waals surface area contributed by atoms with Gasteiger partial charge in [-0.05, 0) is 65.3 Å². The number of hydrogen-bond acceptors (Lipinski definition) is 10. The Hall–Kier alpha value is -5.13. The van der Waals surface area contributed by atoms with Gasteiger partial charge in [-0.3, -0.25) is 0 Å². The molecule has 0 spiro atoms. The molecule has 42 heavy (non-hydrogen) atoms. The number of allylic oxidation sites excluding steroid dienone is 1. The van der Waals surface area contributed by atoms with Crippen LogP contribution in [-0.2, 0) is 11.3 Å². The molecule has 0 radical (unpaired) electrons. The van der Waals surface area contributed by atoms with Crippen molar-refractivity contribution in [2.24, 2.45) is 0 Å². The van der Waals surface area contributed by atoms with Crippen LogP contribution in [0.25, 0.3) is 39.6 Å². The molecule has 3 aromatic heterocycles. The standard InChI is InChI=1S/C30H30N8O4/c1-2-3-13-24-31-25-26(29(35-34-28(25)39)42-30(40)41-21-9-5-4-6-10-21)38(24)18-19-14-16-20(17-15-19)22-11-7-8-12-23(22)27-32-36-37-33-27/h3,7-8,11-17,21H,2,4-6,9-10,18H2,1H3,(H,34,39)(H,32,33,36,37). The number of imidazole rings is 1. The molecule has 12 nitrogen and oxygen atoms in total. The maximum Gasteiger partial charge on any atom is 0.515 e. The summed E-state index contributed by atoms with van der Waals surface area (Å²) in [4.78, 5) is 17.3. The van der Waals surface area contributed by atoms with Gasteiger partial charge in [-0.15, -0.1) is 15.3 Å². The summed E-state index contributed by atoms with van der Waals surface area (Å²) in [5.74, 6) is 0.729. The van der Waals surface area contributed by atoms with Crippen LogP contribution in [0, 0.1) is 0 Å². The van der Waals surface area contributed by atoms with Gasteiger partial charge in [0.2, 0.25) is 0 Å². The Balaban J connectivity index is 1.33. The number of tetrazole rings is 1. The Morgan fingerprint density at radius 1 is 1.05 bits per heavy atom. The molecule has 2 N–H and O–H groups in total. The van der Waals surface area contributed by atoms with E-state index in [4.69, 9.17) is 9.47 Å². The largest absolute Gasteiger partial charge is 0.515 e. The van der Waals surface area contributed by atoms with Gasteiger partial charge in [-0.2, -0.15) is 0 Å². The third-order valence-electron chi connectivity index (χ3n) is 7.28. The number of ether oxygens (including phenoxy) is 2. The third-order valence-corrected chi connectivity index (χ3v) is 7.28. The number of aromatic amines is 1. The Morgan fingerprint density at radius 2 is 1.83 bits per heavy atom. The van der Waals surface area contributed by atoms with E-state index < -0.39 is 6.16 Å². The lowest BCUT2D eigenvalue weighted by Gasteiger charge is -2.21. The van der Waals surface area contributed by atoms with Crippen molar-refractivity contribution in [2.45, 2.75) is 58.1 Å². The molecular weight excluding hydrogens is 536 g/mol. The molecule has 2 aromatic carbocycles. The lowest BCUT2D eigenvalue weighted by molar-refractivity contribution is 0.0407. The van der Waals surface area contributed by atoms with Crippen LogP contribution in [-0.4, -0.2) is 57.7 Å². The number of aromatic hydroxyl groups is 1. The van der Waals surface area contributed by atoms with Crippen LogP contribution < -0.4 is 4.74 Å². The van der Waals surface area contributed by atoms with Crippen molar-refractivity contribution in [1.82, 2.24) is 40.4 Å². The van der Waals surface area contributed by atoms with E-state index in [1.165, 1.54) is 0 Å². The van der Waals surface area contributed by atoms with Gasteiger partial charge in [0.25, 0.3) is 11.8 Å². The number of rotatable bonds is 8. The Bertz CT molecular complexity index is 1710. The van der Waals surface area contributed by atoms with E-state index in [9.17, 15) is 9.90 Å². The summed E-state index contributed by atoms with van der Waals surface area (Å²) in [5.41, 5.74) is 4.35. The molecule has 0 bridgehead atoms. The second-order valence-corrected chi connectivity index (χ2v) is 10.1. The number of aromatic nitrogens is 8. The van der Waals surface area contributed by atoms with Crippen LogP contribution in [0.3, 0.4) is 0 Å². The molecule has 12 heteroatoms. The molecule has 1 fully saturated rings. The first-order chi connectivity index (χ1) is 20.6. The summed E-state index contributed by atoms with van der Waals surface area (Å²) < 4.78 is 13.0. The Labute approximate surface area is 241 Å². The summed E-state index contributed by atoms with van der Waals surface area (Å²) >= 11 is 0. The normalized spacial score (nSPS) is 14.0. The third kappa shape index (κ3) is 5.69. The Morgan fingerprint density at radius 3 is 2.57 bits per heavy atom. The minimum Gasteiger partial charge on any atom is -0.491 e. The molecule has 6 rings (SSSR count). The van der Waals surface area contributed by atoms with Gasteiger partial charge in [0.15, 0.2) is 11.3 Å². The molecule has 1 aliphatic rings. The van der Waals surface area contributed by atoms with Crippen LogP contribution in [0.4, 0.5) is 4.79 Å². The lowest BCUT2D eigenvalue weighted by Crippen LogP contribution is -2.23. The van der Waals surface area contributed by atoms with Crippen LogP contribution in [0.2, 0.25) is 0 Å². The van der Waals surface area contributed by atoms with Crippen LogP contribution in [0.5, 0.6) is 11.8 Å². The molecule has 0 atom stereocenters. The predicted octanol–water partition coefficient (Wildman–Crippen LogP) is 5.70. The minimum absolute atomic E-state index is 0.0709. The second kappa shape index (κ2) is 12.2. The molecule has 0 unspecified atom stereocenters. The maximum absolute atomic E-state index is 12.7. The van der Waals surface area contributed by atoms with Crippen molar-refractivity contribution in [3.05, 3.63) is 66.0 Å². The van der Waals surface area contributed by atoms with Crippen molar-refractivity contribution in [3.8, 4) is 34.3 Å². The van der Waals surface area contributed by atoms with Crippen LogP contribution >= 0.6 is 0 Å². The molecule has 1 saturated carbocycles.